The van der Waals surface area contributed by atoms with Gasteiger partial charge in [0.15, 0.2) is 5.41 Å². The number of fused-ring (bicyclic) bond motifs is 2. The lowest BCUT2D eigenvalue weighted by Gasteiger charge is -2.33. The summed E-state index contributed by atoms with van der Waals surface area (Å²) in [7, 11) is 3.30. The van der Waals surface area contributed by atoms with E-state index in [9.17, 15) is 19.2 Å². The van der Waals surface area contributed by atoms with Crippen molar-refractivity contribution in [3.05, 3.63) is 29.6 Å². The van der Waals surface area contributed by atoms with Gasteiger partial charge in [-0.3, -0.25) is 9.59 Å². The van der Waals surface area contributed by atoms with Crippen LogP contribution in [0.3, 0.4) is 0 Å². The maximum absolute atomic E-state index is 13.9. The highest BCUT2D eigenvalue weighted by Gasteiger charge is 2.71. The minimum Gasteiger partial charge on any atom is -0.465 e. The Morgan fingerprint density at radius 2 is 2.12 bits per heavy atom. The minimum atomic E-state index is -1.71. The number of carbonyl (C=O) groups is 2. The number of hydrogen-bond acceptors (Lipinski definition) is 5. The monoisotopic (exact) mass is 331 g/mol. The third kappa shape index (κ3) is 1.77. The van der Waals surface area contributed by atoms with Crippen molar-refractivity contribution in [3.8, 4) is 6.07 Å². The first kappa shape index (κ1) is 16.4. The summed E-state index contributed by atoms with van der Waals surface area (Å²) in [6.07, 6.45) is 0. The fraction of sp³-hybridized carbons (Fsp3) is 0.471. The molecule has 24 heavy (non-hydrogen) atoms. The van der Waals surface area contributed by atoms with Gasteiger partial charge in [-0.1, -0.05) is 0 Å². The van der Waals surface area contributed by atoms with E-state index in [4.69, 9.17) is 4.74 Å². The van der Waals surface area contributed by atoms with Crippen molar-refractivity contribution in [1.82, 2.24) is 4.90 Å². The zero-order chi connectivity index (χ0) is 17.7. The van der Waals surface area contributed by atoms with Crippen LogP contribution in [0.2, 0.25) is 0 Å². The van der Waals surface area contributed by atoms with Gasteiger partial charge < -0.3 is 14.5 Å². The molecule has 1 saturated heterocycles. The molecule has 0 N–H and O–H groups in total. The van der Waals surface area contributed by atoms with Gasteiger partial charge in [-0.25, -0.2) is 4.39 Å². The standard InChI is InChI=1S/C17H18FN3O3/c1-4-24-15(23)16(8-19)9-20(2)10-17(16)12-7-11(18)5-6-13(12)21(3)14(17)22/h5-7H,4,9-10H2,1-3H3/t16-,17+/m1/s1. The Bertz CT molecular complexity index is 775. The molecule has 3 rings (SSSR count). The quantitative estimate of drug-likeness (QED) is 0.758. The van der Waals surface area contributed by atoms with E-state index in [1.54, 1.807) is 25.9 Å². The van der Waals surface area contributed by atoms with Crippen LogP contribution >= 0.6 is 0 Å². The van der Waals surface area contributed by atoms with E-state index >= 15 is 0 Å². The van der Waals surface area contributed by atoms with Crippen molar-refractivity contribution >= 4 is 17.6 Å². The van der Waals surface area contributed by atoms with Crippen LogP contribution in [0, 0.1) is 22.6 Å². The van der Waals surface area contributed by atoms with Gasteiger partial charge in [-0.2, -0.15) is 5.26 Å². The molecule has 0 aliphatic carbocycles. The van der Waals surface area contributed by atoms with Crippen molar-refractivity contribution in [2.24, 2.45) is 5.41 Å². The van der Waals surface area contributed by atoms with Crippen LogP contribution in [0.1, 0.15) is 12.5 Å². The summed E-state index contributed by atoms with van der Waals surface area (Å²) in [5.41, 5.74) is -2.29. The van der Waals surface area contributed by atoms with E-state index in [0.29, 0.717) is 11.3 Å². The predicted molar refractivity (Wildman–Crippen MR) is 83.7 cm³/mol. The zero-order valence-electron chi connectivity index (χ0n) is 13.8. The van der Waals surface area contributed by atoms with Crippen molar-refractivity contribution in [2.45, 2.75) is 12.3 Å². The van der Waals surface area contributed by atoms with Crippen molar-refractivity contribution in [3.63, 3.8) is 0 Å². The molecular weight excluding hydrogens is 313 g/mol. The average Bonchev–Trinajstić information content (AvgIpc) is 2.97. The molecule has 0 aromatic heterocycles. The number of nitriles is 1. The maximum Gasteiger partial charge on any atom is 0.329 e. The Kier molecular flexibility index (Phi) is 3.61. The number of rotatable bonds is 2. The molecule has 0 saturated carbocycles. The molecular formula is C17H18FN3O3. The molecule has 2 heterocycles. The summed E-state index contributed by atoms with van der Waals surface area (Å²) in [5, 5.41) is 9.91. The number of hydrogen-bond donors (Lipinski definition) is 0. The zero-order valence-corrected chi connectivity index (χ0v) is 13.8. The Morgan fingerprint density at radius 3 is 2.75 bits per heavy atom. The SMILES string of the molecule is CCOC(=O)[C@@]1(C#N)CN(C)C[C@]12C(=O)N(C)c1ccc(F)cc12. The summed E-state index contributed by atoms with van der Waals surface area (Å²) < 4.78 is 19.0. The molecule has 126 valence electrons. The third-order valence-electron chi connectivity index (χ3n) is 5.01. The number of benzene rings is 1. The molecule has 1 spiro atoms. The first-order chi connectivity index (χ1) is 11.3. The van der Waals surface area contributed by atoms with Gasteiger partial charge in [-0.15, -0.1) is 0 Å². The maximum atomic E-state index is 13.9. The minimum absolute atomic E-state index is 0.0534. The lowest BCUT2D eigenvalue weighted by Crippen LogP contribution is -2.55. The first-order valence-electron chi connectivity index (χ1n) is 7.69. The van der Waals surface area contributed by atoms with Gasteiger partial charge >= 0.3 is 5.97 Å². The number of esters is 1. The number of likely N-dealkylation sites (N-methyl/N-ethyl adjacent to an activating group) is 2. The van der Waals surface area contributed by atoms with Crippen LogP contribution in [-0.2, 0) is 19.7 Å². The van der Waals surface area contributed by atoms with Crippen LogP contribution in [0.5, 0.6) is 0 Å². The lowest BCUT2D eigenvalue weighted by molar-refractivity contribution is -0.156. The smallest absolute Gasteiger partial charge is 0.329 e. The lowest BCUT2D eigenvalue weighted by atomic mass is 9.63. The number of nitrogens with zero attached hydrogens (tertiary/aromatic N) is 3. The van der Waals surface area contributed by atoms with E-state index in [1.165, 1.54) is 23.1 Å². The number of carbonyl (C=O) groups excluding carboxylic acids is 2. The van der Waals surface area contributed by atoms with Crippen molar-refractivity contribution < 1.29 is 18.7 Å². The number of amides is 1. The van der Waals surface area contributed by atoms with Crippen LogP contribution in [0.25, 0.3) is 0 Å². The van der Waals surface area contributed by atoms with E-state index < -0.39 is 22.6 Å². The van der Waals surface area contributed by atoms with Crippen LogP contribution < -0.4 is 4.90 Å². The summed E-state index contributed by atoms with van der Waals surface area (Å²) in [4.78, 5) is 29.0. The Labute approximate surface area is 139 Å². The number of anilines is 1. The van der Waals surface area contributed by atoms with Gasteiger partial charge in [0.05, 0.1) is 12.7 Å². The highest BCUT2D eigenvalue weighted by Crippen LogP contribution is 2.55. The van der Waals surface area contributed by atoms with Crippen LogP contribution in [0.15, 0.2) is 18.2 Å². The highest BCUT2D eigenvalue weighted by atomic mass is 19.1. The van der Waals surface area contributed by atoms with E-state index in [2.05, 4.69) is 6.07 Å². The summed E-state index contributed by atoms with van der Waals surface area (Å²) >= 11 is 0. The van der Waals surface area contributed by atoms with Gasteiger partial charge in [0.1, 0.15) is 11.2 Å². The van der Waals surface area contributed by atoms with E-state index in [1.807, 2.05) is 0 Å². The second-order valence-corrected chi connectivity index (χ2v) is 6.34. The molecule has 1 fully saturated rings. The molecule has 0 radical (unpaired) electrons. The van der Waals surface area contributed by atoms with Crippen LogP contribution in [-0.4, -0.2) is 50.6 Å². The third-order valence-corrected chi connectivity index (χ3v) is 5.01. The first-order valence-corrected chi connectivity index (χ1v) is 7.69. The average molecular weight is 331 g/mol. The molecule has 0 bridgehead atoms. The predicted octanol–water partition coefficient (Wildman–Crippen LogP) is 1.06. The number of halogens is 1. The molecule has 7 heteroatoms. The largest absolute Gasteiger partial charge is 0.465 e. The molecule has 0 unspecified atom stereocenters. The molecule has 1 aromatic carbocycles. The van der Waals surface area contributed by atoms with Gasteiger partial charge in [0.25, 0.3) is 0 Å². The highest BCUT2D eigenvalue weighted by molar-refractivity contribution is 6.12. The molecule has 1 amide bonds. The molecule has 2 aliphatic rings. The van der Waals surface area contributed by atoms with Gasteiger partial charge in [-0.05, 0) is 37.7 Å². The van der Waals surface area contributed by atoms with Crippen molar-refractivity contribution in [2.75, 3.05) is 38.7 Å². The van der Waals surface area contributed by atoms with Gasteiger partial charge in [0.2, 0.25) is 5.91 Å². The summed E-state index contributed by atoms with van der Waals surface area (Å²) in [6.45, 7) is 1.95. The molecule has 1 aromatic rings. The molecule has 2 aliphatic heterocycles. The number of likely N-dealkylation sites (tertiary alicyclic amines) is 1. The van der Waals surface area contributed by atoms with E-state index in [-0.39, 0.29) is 25.6 Å². The number of ether oxygens (including phenoxy) is 1. The fourth-order valence-electron chi connectivity index (χ4n) is 4.02. The van der Waals surface area contributed by atoms with E-state index in [0.717, 1.165) is 0 Å². The molecule has 6 nitrogen and oxygen atoms in total. The molecule has 2 atom stereocenters. The second kappa shape index (κ2) is 5.28. The topological polar surface area (TPSA) is 73.6 Å². The normalized spacial score (nSPS) is 29.0. The Morgan fingerprint density at radius 1 is 1.42 bits per heavy atom. The van der Waals surface area contributed by atoms with Crippen molar-refractivity contribution in [1.29, 1.82) is 5.26 Å². The second-order valence-electron chi connectivity index (χ2n) is 6.34. The Hall–Kier alpha value is -2.46. The summed E-state index contributed by atoms with van der Waals surface area (Å²) in [5.74, 6) is -1.64. The van der Waals surface area contributed by atoms with Crippen LogP contribution in [0.4, 0.5) is 10.1 Å². The Balaban J connectivity index is 2.32. The van der Waals surface area contributed by atoms with Gasteiger partial charge in [0, 0.05) is 25.8 Å². The summed E-state index contributed by atoms with van der Waals surface area (Å²) in [6, 6.07) is 6.07. The fourth-order valence-corrected chi connectivity index (χ4v) is 4.02.